The second kappa shape index (κ2) is 52.4. The Morgan fingerprint density at radius 2 is 0.739 bits per heavy atom. The Morgan fingerprint density at radius 1 is 0.420 bits per heavy atom. The van der Waals surface area contributed by atoms with E-state index in [4.69, 9.17) is 18.9 Å². The summed E-state index contributed by atoms with van der Waals surface area (Å²) < 4.78 is 22.7. The van der Waals surface area contributed by atoms with Crippen molar-refractivity contribution in [3.05, 3.63) is 12.2 Å². The maximum Gasteiger partial charge on any atom is 0.306 e. The molecular formula is C60H115NO8. The lowest BCUT2D eigenvalue weighted by Gasteiger charge is -2.26. The zero-order valence-corrected chi connectivity index (χ0v) is 46.5. The average Bonchev–Trinajstić information content (AvgIpc) is 3.31. The molecule has 0 N–H and O–H groups in total. The van der Waals surface area contributed by atoms with Gasteiger partial charge in [-0.3, -0.25) is 9.59 Å². The van der Waals surface area contributed by atoms with Crippen molar-refractivity contribution in [2.45, 2.75) is 309 Å². The van der Waals surface area contributed by atoms with E-state index >= 15 is 0 Å². The smallest absolute Gasteiger partial charge is 0.306 e. The molecule has 9 nitrogen and oxygen atoms in total. The van der Waals surface area contributed by atoms with Crippen LogP contribution in [0.2, 0.25) is 0 Å². The SMILES string of the molecule is CCCCCCCC/C=C\CCCCCCCC(=O)OC(COC(=O)CCCCCCCCCCCCCCCCCCCCCCCCCCCCCCC)COC(OCC[N+](C)(C)C)C(=O)[O-]. The van der Waals surface area contributed by atoms with Crippen molar-refractivity contribution in [1.82, 2.24) is 0 Å². The minimum atomic E-state index is -1.62. The molecule has 0 rings (SSSR count). The maximum atomic E-state index is 12.8. The molecule has 2 atom stereocenters. The number of ether oxygens (including phenoxy) is 4. The summed E-state index contributed by atoms with van der Waals surface area (Å²) in [6, 6.07) is 0. The highest BCUT2D eigenvalue weighted by Gasteiger charge is 2.22. The summed E-state index contributed by atoms with van der Waals surface area (Å²) >= 11 is 0. The number of hydrogen-bond acceptors (Lipinski definition) is 8. The Bertz CT molecular complexity index is 1140. The van der Waals surface area contributed by atoms with Gasteiger partial charge in [0.05, 0.1) is 40.3 Å². The third kappa shape index (κ3) is 53.7. The third-order valence-corrected chi connectivity index (χ3v) is 13.5. The number of carbonyl (C=O) groups excluding carboxylic acids is 3. The molecular weight excluding hydrogens is 863 g/mol. The molecule has 0 saturated carbocycles. The molecule has 0 aromatic rings. The van der Waals surface area contributed by atoms with E-state index in [1.807, 2.05) is 21.1 Å². The summed E-state index contributed by atoms with van der Waals surface area (Å²) in [6.45, 7) is 4.78. The first-order chi connectivity index (χ1) is 33.6. The number of hydrogen-bond donors (Lipinski definition) is 0. The Morgan fingerprint density at radius 3 is 1.07 bits per heavy atom. The molecule has 0 aliphatic heterocycles. The number of unbranched alkanes of at least 4 members (excludes halogenated alkanes) is 39. The second-order valence-electron chi connectivity index (χ2n) is 21.6. The molecule has 408 valence electrons. The first-order valence-electron chi connectivity index (χ1n) is 29.8. The zero-order valence-electron chi connectivity index (χ0n) is 46.5. The Labute approximate surface area is 427 Å². The molecule has 0 bridgehead atoms. The minimum Gasteiger partial charge on any atom is -0.545 e. The minimum absolute atomic E-state index is 0.150. The van der Waals surface area contributed by atoms with Crippen LogP contribution in [-0.4, -0.2) is 82.3 Å². The first-order valence-corrected chi connectivity index (χ1v) is 29.8. The lowest BCUT2D eigenvalue weighted by atomic mass is 10.0. The van der Waals surface area contributed by atoms with Crippen molar-refractivity contribution in [2.75, 3.05) is 47.5 Å². The standard InChI is InChI=1S/C60H115NO8/c1-6-8-10-12-14-16-18-20-22-23-24-25-26-27-28-29-30-31-32-33-34-35-37-38-40-42-44-46-48-50-57(62)67-54-56(55-68-60(59(64)65)66-53-52-61(3,4)5)69-58(63)51-49-47-45-43-41-39-36-21-19-17-15-13-11-9-7-2/h21,36,56,60H,6-20,22-35,37-55H2,1-5H3/b36-21-. The quantitative estimate of drug-likeness (QED) is 0.0195. The summed E-state index contributed by atoms with van der Waals surface area (Å²) in [5.41, 5.74) is 0. The molecule has 0 aliphatic rings. The highest BCUT2D eigenvalue weighted by molar-refractivity contribution is 5.70. The predicted octanol–water partition coefficient (Wildman–Crippen LogP) is 16.0. The number of rotatable bonds is 56. The van der Waals surface area contributed by atoms with E-state index in [0.717, 1.165) is 51.4 Å². The van der Waals surface area contributed by atoms with Gasteiger partial charge in [-0.2, -0.15) is 0 Å². The number of allylic oxidation sites excluding steroid dienone is 2. The third-order valence-electron chi connectivity index (χ3n) is 13.5. The molecule has 0 spiro atoms. The van der Waals surface area contributed by atoms with E-state index in [1.165, 1.54) is 212 Å². The summed E-state index contributed by atoms with van der Waals surface area (Å²) in [4.78, 5) is 37.2. The average molecular weight is 979 g/mol. The van der Waals surface area contributed by atoms with Crippen molar-refractivity contribution >= 4 is 17.9 Å². The molecule has 0 amide bonds. The van der Waals surface area contributed by atoms with Crippen molar-refractivity contribution in [3.63, 3.8) is 0 Å². The molecule has 0 aromatic carbocycles. The van der Waals surface area contributed by atoms with Crippen LogP contribution in [0, 0.1) is 0 Å². The fourth-order valence-electron chi connectivity index (χ4n) is 8.89. The van der Waals surface area contributed by atoms with Crippen LogP contribution in [0.15, 0.2) is 12.2 Å². The summed E-state index contributed by atoms with van der Waals surface area (Å²) in [5, 5.41) is 11.8. The van der Waals surface area contributed by atoms with Gasteiger partial charge in [0.15, 0.2) is 12.4 Å². The number of carboxylic acids is 1. The Kier molecular flexibility index (Phi) is 50.9. The van der Waals surface area contributed by atoms with Gasteiger partial charge in [-0.25, -0.2) is 0 Å². The van der Waals surface area contributed by atoms with Crippen LogP contribution in [0.3, 0.4) is 0 Å². The van der Waals surface area contributed by atoms with E-state index < -0.39 is 24.3 Å². The van der Waals surface area contributed by atoms with Crippen LogP contribution >= 0.6 is 0 Å². The Hall–Kier alpha value is -1.97. The number of nitrogens with zero attached hydrogens (tertiary/aromatic N) is 1. The van der Waals surface area contributed by atoms with Crippen LogP contribution in [-0.2, 0) is 33.3 Å². The van der Waals surface area contributed by atoms with Gasteiger partial charge in [0.25, 0.3) is 0 Å². The Balaban J connectivity index is 4.08. The number of carbonyl (C=O) groups is 3. The fourth-order valence-corrected chi connectivity index (χ4v) is 8.89. The van der Waals surface area contributed by atoms with E-state index in [9.17, 15) is 19.5 Å². The highest BCUT2D eigenvalue weighted by Crippen LogP contribution is 2.18. The molecule has 2 unspecified atom stereocenters. The van der Waals surface area contributed by atoms with E-state index in [1.54, 1.807) is 0 Å². The van der Waals surface area contributed by atoms with Crippen molar-refractivity contribution in [1.29, 1.82) is 0 Å². The van der Waals surface area contributed by atoms with Crippen molar-refractivity contribution in [2.24, 2.45) is 0 Å². The molecule has 0 fully saturated rings. The number of carboxylic acid groups (broad SMARTS) is 1. The molecule has 69 heavy (non-hydrogen) atoms. The van der Waals surface area contributed by atoms with Gasteiger partial charge in [-0.15, -0.1) is 0 Å². The van der Waals surface area contributed by atoms with E-state index in [0.29, 0.717) is 23.9 Å². The lowest BCUT2D eigenvalue weighted by molar-refractivity contribution is -0.870. The lowest BCUT2D eigenvalue weighted by Crippen LogP contribution is -2.44. The van der Waals surface area contributed by atoms with Gasteiger partial charge in [0.1, 0.15) is 13.2 Å². The molecule has 0 saturated heterocycles. The van der Waals surface area contributed by atoms with Gasteiger partial charge >= 0.3 is 11.9 Å². The van der Waals surface area contributed by atoms with Gasteiger partial charge in [-0.05, 0) is 38.5 Å². The van der Waals surface area contributed by atoms with Gasteiger partial charge in [0.2, 0.25) is 0 Å². The molecule has 0 aliphatic carbocycles. The van der Waals surface area contributed by atoms with Crippen LogP contribution in [0.25, 0.3) is 0 Å². The van der Waals surface area contributed by atoms with E-state index in [2.05, 4.69) is 26.0 Å². The largest absolute Gasteiger partial charge is 0.545 e. The normalized spacial score (nSPS) is 12.8. The summed E-state index contributed by atoms with van der Waals surface area (Å²) in [7, 11) is 5.93. The van der Waals surface area contributed by atoms with Crippen LogP contribution in [0.4, 0.5) is 0 Å². The van der Waals surface area contributed by atoms with Gasteiger partial charge in [-0.1, -0.05) is 257 Å². The first kappa shape index (κ1) is 67.0. The number of likely N-dealkylation sites (N-methyl/N-ethyl adjacent to an activating group) is 1. The highest BCUT2D eigenvalue weighted by atomic mass is 16.7. The van der Waals surface area contributed by atoms with Crippen LogP contribution in [0.1, 0.15) is 296 Å². The van der Waals surface area contributed by atoms with E-state index in [-0.39, 0.29) is 32.2 Å². The molecule has 9 heteroatoms. The topological polar surface area (TPSA) is 111 Å². The number of esters is 2. The molecule has 0 heterocycles. The fraction of sp³-hybridized carbons (Fsp3) is 0.917. The van der Waals surface area contributed by atoms with Gasteiger partial charge < -0.3 is 33.3 Å². The predicted molar refractivity (Wildman–Crippen MR) is 288 cm³/mol. The molecule has 0 radical (unpaired) electrons. The number of aliphatic carboxylic acids is 1. The maximum absolute atomic E-state index is 12.8. The summed E-state index contributed by atoms with van der Waals surface area (Å²) in [6.07, 6.45) is 57.1. The van der Waals surface area contributed by atoms with Crippen LogP contribution in [0.5, 0.6) is 0 Å². The second-order valence-corrected chi connectivity index (χ2v) is 21.6. The van der Waals surface area contributed by atoms with Crippen molar-refractivity contribution in [3.8, 4) is 0 Å². The van der Waals surface area contributed by atoms with Crippen molar-refractivity contribution < 1.29 is 42.9 Å². The zero-order chi connectivity index (χ0) is 50.6. The van der Waals surface area contributed by atoms with Crippen LogP contribution < -0.4 is 5.11 Å². The van der Waals surface area contributed by atoms with Gasteiger partial charge in [0, 0.05) is 12.8 Å². The monoisotopic (exact) mass is 978 g/mol. The summed E-state index contributed by atoms with van der Waals surface area (Å²) in [5.74, 6) is -2.27. The molecule has 0 aromatic heterocycles. The number of quaternary nitrogens is 1.